The Morgan fingerprint density at radius 3 is 2.89 bits per heavy atom. The molecule has 0 saturated heterocycles. The predicted octanol–water partition coefficient (Wildman–Crippen LogP) is 3.94. The van der Waals surface area contributed by atoms with Crippen molar-refractivity contribution < 1.29 is 19.1 Å². The number of amides is 1. The van der Waals surface area contributed by atoms with Gasteiger partial charge in [0, 0.05) is 10.7 Å². The summed E-state index contributed by atoms with van der Waals surface area (Å²) < 4.78 is 10.8. The van der Waals surface area contributed by atoms with Crippen LogP contribution in [-0.2, 0) is 27.2 Å². The molecule has 1 aliphatic heterocycles. The van der Waals surface area contributed by atoms with Crippen LogP contribution < -0.4 is 10.1 Å². The minimum atomic E-state index is -0.451. The highest BCUT2D eigenvalue weighted by molar-refractivity contribution is 6.30. The molecule has 6 heteroatoms. The smallest absolute Gasteiger partial charge is 0.313 e. The van der Waals surface area contributed by atoms with Crippen molar-refractivity contribution in [3.63, 3.8) is 0 Å². The second kappa shape index (κ2) is 8.44. The number of benzene rings is 2. The lowest BCUT2D eigenvalue weighted by Gasteiger charge is -2.24. The molecule has 1 N–H and O–H groups in total. The van der Waals surface area contributed by atoms with Gasteiger partial charge >= 0.3 is 5.97 Å². The van der Waals surface area contributed by atoms with Crippen LogP contribution in [0.3, 0.4) is 0 Å². The van der Waals surface area contributed by atoms with E-state index in [2.05, 4.69) is 5.32 Å². The lowest BCUT2D eigenvalue weighted by atomic mass is 9.97. The fourth-order valence-corrected chi connectivity index (χ4v) is 3.34. The predicted molar refractivity (Wildman–Crippen MR) is 104 cm³/mol. The van der Waals surface area contributed by atoms with E-state index in [1.165, 1.54) is 0 Å². The van der Waals surface area contributed by atoms with E-state index >= 15 is 0 Å². The second-order valence-electron chi connectivity index (χ2n) is 6.58. The van der Waals surface area contributed by atoms with E-state index in [9.17, 15) is 9.59 Å². The molecule has 0 saturated carbocycles. The van der Waals surface area contributed by atoms with E-state index in [1.807, 2.05) is 32.0 Å². The van der Waals surface area contributed by atoms with Gasteiger partial charge in [0.05, 0.1) is 5.92 Å². The first-order valence-corrected chi connectivity index (χ1v) is 9.32. The zero-order chi connectivity index (χ0) is 19.4. The van der Waals surface area contributed by atoms with E-state index in [-0.39, 0.29) is 19.1 Å². The Kier molecular flexibility index (Phi) is 6.01. The number of carbonyl (C=O) groups excluding carboxylic acids is 2. The molecule has 142 valence electrons. The number of para-hydroxylation sites is 1. The van der Waals surface area contributed by atoms with Crippen molar-refractivity contribution in [1.29, 1.82) is 0 Å². The number of anilines is 1. The Labute approximate surface area is 163 Å². The van der Waals surface area contributed by atoms with Gasteiger partial charge in [-0.3, -0.25) is 9.59 Å². The maximum atomic E-state index is 12.3. The van der Waals surface area contributed by atoms with Crippen molar-refractivity contribution in [1.82, 2.24) is 0 Å². The molecular weight excluding hydrogens is 366 g/mol. The SMILES string of the molecule is CCc1cccc(C)c1NC(=O)COC(=O)[C@H]1COc2ccc(Cl)cc2C1. The van der Waals surface area contributed by atoms with Crippen LogP contribution in [0.2, 0.25) is 5.02 Å². The average molecular weight is 388 g/mol. The van der Waals surface area contributed by atoms with Gasteiger partial charge in [-0.25, -0.2) is 0 Å². The molecule has 5 nitrogen and oxygen atoms in total. The van der Waals surface area contributed by atoms with Gasteiger partial charge in [0.2, 0.25) is 0 Å². The summed E-state index contributed by atoms with van der Waals surface area (Å²) in [6.07, 6.45) is 1.28. The van der Waals surface area contributed by atoms with Crippen molar-refractivity contribution >= 4 is 29.2 Å². The van der Waals surface area contributed by atoms with Gasteiger partial charge in [-0.05, 0) is 54.7 Å². The number of rotatable bonds is 5. The number of nitrogens with one attached hydrogen (secondary N) is 1. The van der Waals surface area contributed by atoms with E-state index < -0.39 is 11.9 Å². The molecule has 1 aliphatic rings. The van der Waals surface area contributed by atoms with Gasteiger partial charge in [-0.15, -0.1) is 0 Å². The quantitative estimate of drug-likeness (QED) is 0.789. The average Bonchev–Trinajstić information content (AvgIpc) is 2.67. The molecule has 2 aromatic rings. The fourth-order valence-electron chi connectivity index (χ4n) is 3.15. The first-order chi connectivity index (χ1) is 13.0. The number of aryl methyl sites for hydroxylation is 2. The van der Waals surface area contributed by atoms with Gasteiger partial charge in [-0.1, -0.05) is 36.7 Å². The van der Waals surface area contributed by atoms with Gasteiger partial charge in [0.15, 0.2) is 6.61 Å². The maximum absolute atomic E-state index is 12.3. The highest BCUT2D eigenvalue weighted by Gasteiger charge is 2.28. The minimum absolute atomic E-state index is 0.229. The van der Waals surface area contributed by atoms with Crippen LogP contribution in [0.15, 0.2) is 36.4 Å². The van der Waals surface area contributed by atoms with Crippen molar-refractivity contribution in [2.45, 2.75) is 26.7 Å². The number of hydrogen-bond acceptors (Lipinski definition) is 4. The first kappa shape index (κ1) is 19.2. The van der Waals surface area contributed by atoms with E-state index in [4.69, 9.17) is 21.1 Å². The summed E-state index contributed by atoms with van der Waals surface area (Å²) in [6.45, 7) is 3.86. The molecular formula is C21H22ClNO4. The van der Waals surface area contributed by atoms with Crippen LogP contribution in [0.25, 0.3) is 0 Å². The molecule has 0 aliphatic carbocycles. The fraction of sp³-hybridized carbons (Fsp3) is 0.333. The number of esters is 1. The van der Waals surface area contributed by atoms with Crippen molar-refractivity contribution in [3.8, 4) is 5.75 Å². The molecule has 0 bridgehead atoms. The lowest BCUT2D eigenvalue weighted by Crippen LogP contribution is -2.32. The second-order valence-corrected chi connectivity index (χ2v) is 7.02. The molecule has 0 fully saturated rings. The zero-order valence-electron chi connectivity index (χ0n) is 15.4. The summed E-state index contributed by atoms with van der Waals surface area (Å²) in [4.78, 5) is 24.6. The molecule has 0 aromatic heterocycles. The largest absolute Gasteiger partial charge is 0.492 e. The summed E-state index contributed by atoms with van der Waals surface area (Å²) in [6, 6.07) is 11.2. The molecule has 1 heterocycles. The summed E-state index contributed by atoms with van der Waals surface area (Å²) in [5, 5.41) is 3.44. The molecule has 0 radical (unpaired) electrons. The third-order valence-corrected chi connectivity index (χ3v) is 4.85. The van der Waals surface area contributed by atoms with Gasteiger partial charge in [0.1, 0.15) is 12.4 Å². The maximum Gasteiger partial charge on any atom is 0.313 e. The Morgan fingerprint density at radius 2 is 2.11 bits per heavy atom. The van der Waals surface area contributed by atoms with Crippen LogP contribution in [0.4, 0.5) is 5.69 Å². The van der Waals surface area contributed by atoms with Crippen molar-refractivity contribution in [3.05, 3.63) is 58.1 Å². The van der Waals surface area contributed by atoms with E-state index in [1.54, 1.807) is 18.2 Å². The Morgan fingerprint density at radius 1 is 1.30 bits per heavy atom. The van der Waals surface area contributed by atoms with Crippen molar-refractivity contribution in [2.75, 3.05) is 18.5 Å². The molecule has 0 unspecified atom stereocenters. The van der Waals surface area contributed by atoms with Gasteiger partial charge in [0.25, 0.3) is 5.91 Å². The van der Waals surface area contributed by atoms with E-state index in [0.717, 1.165) is 34.5 Å². The Balaban J connectivity index is 1.56. The normalized spacial score (nSPS) is 15.4. The van der Waals surface area contributed by atoms with Crippen LogP contribution in [0.1, 0.15) is 23.6 Å². The van der Waals surface area contributed by atoms with Crippen LogP contribution in [-0.4, -0.2) is 25.1 Å². The third kappa shape index (κ3) is 4.61. The molecule has 2 aromatic carbocycles. The number of hydrogen-bond donors (Lipinski definition) is 1. The first-order valence-electron chi connectivity index (χ1n) is 8.94. The van der Waals surface area contributed by atoms with Crippen LogP contribution in [0, 0.1) is 12.8 Å². The number of halogens is 1. The number of fused-ring (bicyclic) bond motifs is 1. The van der Waals surface area contributed by atoms with Gasteiger partial charge < -0.3 is 14.8 Å². The standard InChI is InChI=1S/C21H22ClNO4/c1-3-14-6-4-5-13(2)20(14)23-19(24)12-27-21(25)16-9-15-10-17(22)7-8-18(15)26-11-16/h4-8,10,16H,3,9,11-12H2,1-2H3,(H,23,24)/t16-/m1/s1. The highest BCUT2D eigenvalue weighted by Crippen LogP contribution is 2.30. The lowest BCUT2D eigenvalue weighted by molar-refractivity contribution is -0.152. The van der Waals surface area contributed by atoms with Crippen LogP contribution in [0.5, 0.6) is 5.75 Å². The monoisotopic (exact) mass is 387 g/mol. The number of ether oxygens (including phenoxy) is 2. The molecule has 1 atom stereocenters. The summed E-state index contributed by atoms with van der Waals surface area (Å²) in [5.74, 6) is -0.523. The van der Waals surface area contributed by atoms with E-state index in [0.29, 0.717) is 11.4 Å². The zero-order valence-corrected chi connectivity index (χ0v) is 16.1. The summed E-state index contributed by atoms with van der Waals surface area (Å²) in [5.41, 5.74) is 3.67. The Bertz CT molecular complexity index is 865. The minimum Gasteiger partial charge on any atom is -0.492 e. The van der Waals surface area contributed by atoms with Crippen LogP contribution >= 0.6 is 11.6 Å². The summed E-state index contributed by atoms with van der Waals surface area (Å²) >= 11 is 6.00. The highest BCUT2D eigenvalue weighted by atomic mass is 35.5. The van der Waals surface area contributed by atoms with Gasteiger partial charge in [-0.2, -0.15) is 0 Å². The summed E-state index contributed by atoms with van der Waals surface area (Å²) in [7, 11) is 0. The molecule has 0 spiro atoms. The third-order valence-electron chi connectivity index (χ3n) is 4.61. The topological polar surface area (TPSA) is 64.6 Å². The molecule has 3 rings (SSSR count). The molecule has 27 heavy (non-hydrogen) atoms. The molecule has 1 amide bonds. The van der Waals surface area contributed by atoms with Crippen molar-refractivity contribution in [2.24, 2.45) is 5.92 Å². The Hall–Kier alpha value is -2.53. The number of carbonyl (C=O) groups is 2.